The van der Waals surface area contributed by atoms with Crippen molar-refractivity contribution in [3.8, 4) is 0 Å². The van der Waals surface area contributed by atoms with E-state index >= 15 is 0 Å². The number of aryl methyl sites for hydroxylation is 1. The maximum Gasteiger partial charge on any atom is 0.254 e. The van der Waals surface area contributed by atoms with Gasteiger partial charge in [0.15, 0.2) is 0 Å². The Bertz CT molecular complexity index is 1060. The molecule has 3 amide bonds. The van der Waals surface area contributed by atoms with E-state index in [1.54, 1.807) is 63.5 Å². The summed E-state index contributed by atoms with van der Waals surface area (Å²) in [5.74, 6) is -0.880. The third-order valence-corrected chi connectivity index (χ3v) is 5.61. The second-order valence-electron chi connectivity index (χ2n) is 8.21. The number of hydrogen-bond donors (Lipinski definition) is 3. The topological polar surface area (TPSA) is 120 Å². The number of hydrogen-bond acceptors (Lipinski definition) is 4. The predicted octanol–water partition coefficient (Wildman–Crippen LogP) is 2.07. The fraction of sp³-hybridized carbons (Fsp3) is 0.333. The van der Waals surface area contributed by atoms with Crippen molar-refractivity contribution in [3.63, 3.8) is 0 Å². The molecule has 3 rings (SSSR count). The highest BCUT2D eigenvalue weighted by molar-refractivity contribution is 6.01. The van der Waals surface area contributed by atoms with E-state index in [4.69, 9.17) is 11.1 Å². The third kappa shape index (κ3) is 4.96. The Morgan fingerprint density at radius 2 is 1.75 bits per heavy atom. The lowest BCUT2D eigenvalue weighted by molar-refractivity contribution is -0.130. The molecule has 8 nitrogen and oxygen atoms in total. The number of rotatable bonds is 6. The highest BCUT2D eigenvalue weighted by atomic mass is 16.2. The maximum absolute atomic E-state index is 13.0. The molecule has 4 N–H and O–H groups in total. The molecule has 1 fully saturated rings. The van der Waals surface area contributed by atoms with Crippen molar-refractivity contribution < 1.29 is 14.4 Å². The number of nitrogens with one attached hydrogen (secondary N) is 2. The van der Waals surface area contributed by atoms with Crippen LogP contribution < -0.4 is 11.1 Å². The van der Waals surface area contributed by atoms with Gasteiger partial charge < -0.3 is 20.9 Å². The molecule has 1 atom stereocenters. The lowest BCUT2D eigenvalue weighted by Gasteiger charge is -2.23. The number of carbonyl (C=O) groups is 3. The van der Waals surface area contributed by atoms with Crippen molar-refractivity contribution >= 4 is 23.6 Å². The van der Waals surface area contributed by atoms with Gasteiger partial charge in [-0.25, -0.2) is 0 Å². The minimum Gasteiger partial charge on any atom is -0.384 e. The van der Waals surface area contributed by atoms with Crippen LogP contribution in [0.1, 0.15) is 56.3 Å². The van der Waals surface area contributed by atoms with Gasteiger partial charge in [0.05, 0.1) is 0 Å². The first-order chi connectivity index (χ1) is 15.2. The first kappa shape index (κ1) is 23.0. The van der Waals surface area contributed by atoms with Gasteiger partial charge in [0.1, 0.15) is 11.9 Å². The number of nitrogen functional groups attached to an aromatic ring is 1. The fourth-order valence-corrected chi connectivity index (χ4v) is 3.78. The van der Waals surface area contributed by atoms with E-state index in [0.717, 1.165) is 25.9 Å². The molecule has 0 aliphatic carbocycles. The molecule has 1 aliphatic rings. The molecule has 1 aliphatic heterocycles. The summed E-state index contributed by atoms with van der Waals surface area (Å²) in [7, 11) is 3.22. The number of carbonyl (C=O) groups excluding carboxylic acids is 3. The zero-order valence-corrected chi connectivity index (χ0v) is 18.6. The molecule has 0 aromatic heterocycles. The van der Waals surface area contributed by atoms with Gasteiger partial charge in [-0.15, -0.1) is 0 Å². The van der Waals surface area contributed by atoms with Crippen molar-refractivity contribution in [1.82, 2.24) is 15.1 Å². The second-order valence-corrected chi connectivity index (χ2v) is 8.21. The van der Waals surface area contributed by atoms with E-state index in [1.165, 1.54) is 4.90 Å². The summed E-state index contributed by atoms with van der Waals surface area (Å²) in [6, 6.07) is 10.7. The molecule has 1 heterocycles. The van der Waals surface area contributed by atoms with Crippen molar-refractivity contribution in [2.75, 3.05) is 27.2 Å². The lowest BCUT2D eigenvalue weighted by Crippen LogP contribution is -2.40. The first-order valence-electron chi connectivity index (χ1n) is 10.6. The van der Waals surface area contributed by atoms with Crippen LogP contribution in [-0.2, 0) is 4.79 Å². The maximum atomic E-state index is 13.0. The molecule has 32 heavy (non-hydrogen) atoms. The van der Waals surface area contributed by atoms with E-state index < -0.39 is 11.9 Å². The molecule has 2 aromatic rings. The summed E-state index contributed by atoms with van der Waals surface area (Å²) in [6.07, 6.45) is 2.02. The quantitative estimate of drug-likeness (QED) is 0.475. The van der Waals surface area contributed by atoms with Crippen LogP contribution in [0.15, 0.2) is 42.5 Å². The number of benzene rings is 2. The summed E-state index contributed by atoms with van der Waals surface area (Å²) in [4.78, 5) is 41.8. The van der Waals surface area contributed by atoms with E-state index in [0.29, 0.717) is 27.8 Å². The zero-order chi connectivity index (χ0) is 23.4. The standard InChI is InChI=1S/C24H29N5O3/c1-15-13-18(9-10-19(15)23(31)29-11-4-5-12-29)22(30)27-20(24(32)28(2)3)16-7-6-8-17(14-16)21(25)26/h6-10,13-14,20H,4-5,11-12H2,1-3H3,(H3,25,26)(H,27,30). The molecule has 0 radical (unpaired) electrons. The van der Waals surface area contributed by atoms with Crippen LogP contribution in [0.4, 0.5) is 0 Å². The van der Waals surface area contributed by atoms with E-state index in [1.807, 2.05) is 4.90 Å². The molecule has 0 spiro atoms. The second kappa shape index (κ2) is 9.64. The van der Waals surface area contributed by atoms with Crippen molar-refractivity contribution in [2.24, 2.45) is 5.73 Å². The van der Waals surface area contributed by atoms with Crippen LogP contribution in [0.25, 0.3) is 0 Å². The van der Waals surface area contributed by atoms with E-state index in [2.05, 4.69) is 5.32 Å². The summed E-state index contributed by atoms with van der Waals surface area (Å²) in [6.45, 7) is 3.32. The van der Waals surface area contributed by atoms with Gasteiger partial charge in [0.25, 0.3) is 11.8 Å². The smallest absolute Gasteiger partial charge is 0.254 e. The Morgan fingerprint density at radius 1 is 1.06 bits per heavy atom. The number of amides is 3. The van der Waals surface area contributed by atoms with Gasteiger partial charge in [0, 0.05) is 43.9 Å². The molecule has 8 heteroatoms. The first-order valence-corrected chi connectivity index (χ1v) is 10.6. The summed E-state index contributed by atoms with van der Waals surface area (Å²) < 4.78 is 0. The Hall–Kier alpha value is -3.68. The molecular formula is C24H29N5O3. The highest BCUT2D eigenvalue weighted by Crippen LogP contribution is 2.20. The minimum absolute atomic E-state index is 0.0198. The number of likely N-dealkylation sites (N-methyl/N-ethyl adjacent to an activating group) is 1. The number of likely N-dealkylation sites (tertiary alicyclic amines) is 1. The molecule has 0 saturated carbocycles. The van der Waals surface area contributed by atoms with Crippen LogP contribution in [-0.4, -0.2) is 60.5 Å². The fourth-order valence-electron chi connectivity index (χ4n) is 3.78. The van der Waals surface area contributed by atoms with Crippen molar-refractivity contribution in [3.05, 3.63) is 70.3 Å². The van der Waals surface area contributed by atoms with Gasteiger partial charge in [-0.05, 0) is 55.2 Å². The zero-order valence-electron chi connectivity index (χ0n) is 18.6. The Balaban J connectivity index is 1.85. The number of nitrogens with zero attached hydrogens (tertiary/aromatic N) is 2. The van der Waals surface area contributed by atoms with Crippen LogP contribution in [0, 0.1) is 12.3 Å². The monoisotopic (exact) mass is 435 g/mol. The van der Waals surface area contributed by atoms with Crippen molar-refractivity contribution in [2.45, 2.75) is 25.8 Å². The van der Waals surface area contributed by atoms with Gasteiger partial charge in [-0.1, -0.05) is 18.2 Å². The molecule has 168 valence electrons. The average Bonchev–Trinajstić information content (AvgIpc) is 3.31. The van der Waals surface area contributed by atoms with E-state index in [-0.39, 0.29) is 17.6 Å². The summed E-state index contributed by atoms with van der Waals surface area (Å²) in [5.41, 5.74) is 8.23. The highest BCUT2D eigenvalue weighted by Gasteiger charge is 2.26. The summed E-state index contributed by atoms with van der Waals surface area (Å²) in [5, 5.41) is 10.4. The van der Waals surface area contributed by atoms with Gasteiger partial charge in [-0.2, -0.15) is 0 Å². The Kier molecular flexibility index (Phi) is 6.92. The van der Waals surface area contributed by atoms with Crippen LogP contribution in [0.3, 0.4) is 0 Å². The van der Waals surface area contributed by atoms with Crippen LogP contribution >= 0.6 is 0 Å². The van der Waals surface area contributed by atoms with E-state index in [9.17, 15) is 14.4 Å². The average molecular weight is 436 g/mol. The Labute approximate surface area is 187 Å². The van der Waals surface area contributed by atoms with Gasteiger partial charge >= 0.3 is 0 Å². The molecular weight excluding hydrogens is 406 g/mol. The van der Waals surface area contributed by atoms with Crippen molar-refractivity contribution in [1.29, 1.82) is 5.41 Å². The third-order valence-electron chi connectivity index (χ3n) is 5.61. The SMILES string of the molecule is Cc1cc(C(=O)NC(C(=O)N(C)C)c2cccc(C(=N)N)c2)ccc1C(=O)N1CCCC1. The largest absolute Gasteiger partial charge is 0.384 e. The molecule has 1 unspecified atom stereocenters. The predicted molar refractivity (Wildman–Crippen MR) is 123 cm³/mol. The summed E-state index contributed by atoms with van der Waals surface area (Å²) >= 11 is 0. The van der Waals surface area contributed by atoms with Crippen LogP contribution in [0.2, 0.25) is 0 Å². The molecule has 0 bridgehead atoms. The van der Waals surface area contributed by atoms with Crippen LogP contribution in [0.5, 0.6) is 0 Å². The van der Waals surface area contributed by atoms with Gasteiger partial charge in [-0.3, -0.25) is 19.8 Å². The Morgan fingerprint density at radius 3 is 2.34 bits per heavy atom. The molecule has 2 aromatic carbocycles. The number of amidine groups is 1. The lowest BCUT2D eigenvalue weighted by atomic mass is 10.0. The normalized spacial score (nSPS) is 14.0. The number of nitrogens with two attached hydrogens (primary N) is 1. The molecule has 1 saturated heterocycles. The minimum atomic E-state index is -0.942. The van der Waals surface area contributed by atoms with Gasteiger partial charge in [0.2, 0.25) is 5.91 Å².